The van der Waals surface area contributed by atoms with E-state index in [1.807, 2.05) is 12.1 Å². The molecule has 0 aliphatic carbocycles. The zero-order chi connectivity index (χ0) is 10.5. The smallest absolute Gasteiger partial charge is 0.224 e. The van der Waals surface area contributed by atoms with Crippen molar-refractivity contribution in [3.63, 3.8) is 0 Å². The number of hydrogen-bond acceptors (Lipinski definition) is 5. The van der Waals surface area contributed by atoms with E-state index in [0.29, 0.717) is 18.2 Å². The summed E-state index contributed by atoms with van der Waals surface area (Å²) in [5.41, 5.74) is 1.28. The van der Waals surface area contributed by atoms with Gasteiger partial charge in [0.1, 0.15) is 11.8 Å². The molecule has 2 aromatic heterocycles. The molecule has 0 amide bonds. The van der Waals surface area contributed by atoms with Gasteiger partial charge in [-0.15, -0.1) is 0 Å². The first-order valence-electron chi connectivity index (χ1n) is 4.34. The summed E-state index contributed by atoms with van der Waals surface area (Å²) in [6, 6.07) is 5.35. The van der Waals surface area contributed by atoms with Crippen molar-refractivity contribution < 1.29 is 0 Å². The molecule has 0 aromatic carbocycles. The molecule has 74 valence electrons. The number of anilines is 1. The molecule has 0 aliphatic rings. The summed E-state index contributed by atoms with van der Waals surface area (Å²) in [6.07, 6.45) is 3.21. The number of nitrogens with one attached hydrogen (secondary N) is 2. The molecule has 15 heavy (non-hydrogen) atoms. The van der Waals surface area contributed by atoms with Crippen LogP contribution in [0.15, 0.2) is 24.5 Å². The van der Waals surface area contributed by atoms with E-state index in [1.54, 1.807) is 18.5 Å². The molecule has 2 heterocycles. The van der Waals surface area contributed by atoms with Gasteiger partial charge in [0.15, 0.2) is 0 Å². The van der Waals surface area contributed by atoms with E-state index < -0.39 is 0 Å². The lowest BCUT2D eigenvalue weighted by Gasteiger charge is -2.01. The number of hydrogen-bond donors (Lipinski definition) is 2. The van der Waals surface area contributed by atoms with Gasteiger partial charge in [-0.05, 0) is 12.1 Å². The highest BCUT2D eigenvalue weighted by Gasteiger charge is 1.98. The summed E-state index contributed by atoms with van der Waals surface area (Å²) in [7, 11) is 0. The first kappa shape index (κ1) is 9.15. The standard InChI is InChI=1S/C9H8N6/c10-5-7-1-3-11-9(14-7)12-6-8-2-4-13-15-8/h1-4H,6H2,(H,13,15)(H,11,12,14). The van der Waals surface area contributed by atoms with Crippen LogP contribution in [0.25, 0.3) is 0 Å². The summed E-state index contributed by atoms with van der Waals surface area (Å²) < 4.78 is 0. The Bertz CT molecular complexity index is 470. The third kappa shape index (κ3) is 2.28. The van der Waals surface area contributed by atoms with Crippen molar-refractivity contribution in [1.29, 1.82) is 5.26 Å². The molecule has 0 aliphatic heterocycles. The zero-order valence-electron chi connectivity index (χ0n) is 7.81. The average Bonchev–Trinajstić information content (AvgIpc) is 2.79. The van der Waals surface area contributed by atoms with Gasteiger partial charge >= 0.3 is 0 Å². The van der Waals surface area contributed by atoms with E-state index >= 15 is 0 Å². The van der Waals surface area contributed by atoms with Crippen LogP contribution in [0.1, 0.15) is 11.4 Å². The van der Waals surface area contributed by atoms with Crippen LogP contribution in [-0.4, -0.2) is 20.2 Å². The molecule has 0 radical (unpaired) electrons. The molecule has 0 fully saturated rings. The minimum Gasteiger partial charge on any atom is -0.349 e. The summed E-state index contributed by atoms with van der Waals surface area (Å²) in [5.74, 6) is 0.434. The summed E-state index contributed by atoms with van der Waals surface area (Å²) in [6.45, 7) is 0.550. The van der Waals surface area contributed by atoms with E-state index in [4.69, 9.17) is 5.26 Å². The molecular weight excluding hydrogens is 192 g/mol. The number of H-pyrrole nitrogens is 1. The second-order valence-corrected chi connectivity index (χ2v) is 2.81. The lowest BCUT2D eigenvalue weighted by atomic mass is 10.4. The second kappa shape index (κ2) is 4.19. The molecule has 0 spiro atoms. The summed E-state index contributed by atoms with van der Waals surface area (Å²) in [5, 5.41) is 18.2. The highest BCUT2D eigenvalue weighted by Crippen LogP contribution is 2.01. The van der Waals surface area contributed by atoms with Crippen molar-refractivity contribution in [1.82, 2.24) is 20.2 Å². The van der Waals surface area contributed by atoms with Crippen LogP contribution in [-0.2, 0) is 6.54 Å². The summed E-state index contributed by atoms with van der Waals surface area (Å²) in [4.78, 5) is 7.95. The number of nitriles is 1. The molecule has 0 bridgehead atoms. The first-order chi connectivity index (χ1) is 7.38. The zero-order valence-corrected chi connectivity index (χ0v) is 7.81. The molecule has 2 aromatic rings. The number of nitrogens with zero attached hydrogens (tertiary/aromatic N) is 4. The van der Waals surface area contributed by atoms with Crippen LogP contribution >= 0.6 is 0 Å². The van der Waals surface area contributed by atoms with Gasteiger partial charge in [-0.3, -0.25) is 5.10 Å². The lowest BCUT2D eigenvalue weighted by molar-refractivity contribution is 0.959. The monoisotopic (exact) mass is 200 g/mol. The minimum absolute atomic E-state index is 0.345. The van der Waals surface area contributed by atoms with Gasteiger partial charge in [-0.25, -0.2) is 9.97 Å². The largest absolute Gasteiger partial charge is 0.349 e. The normalized spacial score (nSPS) is 9.53. The van der Waals surface area contributed by atoms with Crippen LogP contribution in [0.4, 0.5) is 5.95 Å². The highest BCUT2D eigenvalue weighted by atomic mass is 15.1. The van der Waals surface area contributed by atoms with E-state index in [9.17, 15) is 0 Å². The average molecular weight is 200 g/mol. The Labute approximate surface area is 86.0 Å². The van der Waals surface area contributed by atoms with Crippen molar-refractivity contribution in [2.75, 3.05) is 5.32 Å². The lowest BCUT2D eigenvalue weighted by Crippen LogP contribution is -2.04. The Balaban J connectivity index is 2.02. The number of rotatable bonds is 3. The molecule has 6 nitrogen and oxygen atoms in total. The minimum atomic E-state index is 0.345. The van der Waals surface area contributed by atoms with Gasteiger partial charge in [0.2, 0.25) is 5.95 Å². The van der Waals surface area contributed by atoms with E-state index in [0.717, 1.165) is 5.69 Å². The molecular formula is C9H8N6. The van der Waals surface area contributed by atoms with Gasteiger partial charge in [-0.2, -0.15) is 10.4 Å². The van der Waals surface area contributed by atoms with E-state index in [1.165, 1.54) is 0 Å². The predicted octanol–water partition coefficient (Wildman–Crippen LogP) is 0.683. The molecule has 0 saturated carbocycles. The van der Waals surface area contributed by atoms with E-state index in [2.05, 4.69) is 25.5 Å². The fourth-order valence-corrected chi connectivity index (χ4v) is 1.06. The second-order valence-electron chi connectivity index (χ2n) is 2.81. The SMILES string of the molecule is N#Cc1ccnc(NCc2ccn[nH]2)n1. The van der Waals surface area contributed by atoms with Crippen molar-refractivity contribution in [3.05, 3.63) is 35.9 Å². The molecule has 0 unspecified atom stereocenters. The first-order valence-corrected chi connectivity index (χ1v) is 4.34. The van der Waals surface area contributed by atoms with Crippen molar-refractivity contribution >= 4 is 5.95 Å². The van der Waals surface area contributed by atoms with Crippen molar-refractivity contribution in [2.24, 2.45) is 0 Å². The maximum Gasteiger partial charge on any atom is 0.224 e. The molecule has 2 N–H and O–H groups in total. The van der Waals surface area contributed by atoms with Crippen molar-refractivity contribution in [3.8, 4) is 6.07 Å². The fraction of sp³-hybridized carbons (Fsp3) is 0.111. The Morgan fingerprint density at radius 3 is 3.07 bits per heavy atom. The quantitative estimate of drug-likeness (QED) is 0.760. The molecule has 2 rings (SSSR count). The Morgan fingerprint density at radius 2 is 2.33 bits per heavy atom. The van der Waals surface area contributed by atoms with Gasteiger partial charge in [-0.1, -0.05) is 0 Å². The third-order valence-electron chi connectivity index (χ3n) is 1.77. The fourth-order valence-electron chi connectivity index (χ4n) is 1.06. The van der Waals surface area contributed by atoms with E-state index in [-0.39, 0.29) is 0 Å². The van der Waals surface area contributed by atoms with Gasteiger partial charge in [0.25, 0.3) is 0 Å². The van der Waals surface area contributed by atoms with Crippen LogP contribution in [0.3, 0.4) is 0 Å². The topological polar surface area (TPSA) is 90.3 Å². The predicted molar refractivity (Wildman–Crippen MR) is 52.7 cm³/mol. The Kier molecular flexibility index (Phi) is 2.56. The maximum atomic E-state index is 8.63. The molecule has 6 heteroatoms. The molecule has 0 saturated heterocycles. The van der Waals surface area contributed by atoms with Crippen LogP contribution in [0, 0.1) is 11.3 Å². The highest BCUT2D eigenvalue weighted by molar-refractivity contribution is 5.30. The van der Waals surface area contributed by atoms with Crippen LogP contribution in [0.5, 0.6) is 0 Å². The third-order valence-corrected chi connectivity index (χ3v) is 1.77. The van der Waals surface area contributed by atoms with Crippen LogP contribution in [0.2, 0.25) is 0 Å². The maximum absolute atomic E-state index is 8.63. The number of aromatic nitrogens is 4. The molecule has 0 atom stereocenters. The Hall–Kier alpha value is -2.42. The van der Waals surface area contributed by atoms with Gasteiger partial charge in [0, 0.05) is 12.4 Å². The van der Waals surface area contributed by atoms with Crippen molar-refractivity contribution in [2.45, 2.75) is 6.54 Å². The Morgan fingerprint density at radius 1 is 1.40 bits per heavy atom. The summed E-state index contributed by atoms with van der Waals surface area (Å²) >= 11 is 0. The number of aromatic amines is 1. The van der Waals surface area contributed by atoms with Gasteiger partial charge < -0.3 is 5.32 Å². The van der Waals surface area contributed by atoms with Gasteiger partial charge in [0.05, 0.1) is 12.2 Å². The van der Waals surface area contributed by atoms with Crippen LogP contribution < -0.4 is 5.32 Å².